The molecule has 1 aliphatic carbocycles. The van der Waals surface area contributed by atoms with Gasteiger partial charge in [-0.1, -0.05) is 6.92 Å². The van der Waals surface area contributed by atoms with E-state index >= 15 is 0 Å². The highest BCUT2D eigenvalue weighted by atomic mass is 19.4. The van der Waals surface area contributed by atoms with Crippen molar-refractivity contribution in [2.75, 3.05) is 12.4 Å². The second-order valence-corrected chi connectivity index (χ2v) is 8.54. The molecule has 1 aliphatic heterocycles. The van der Waals surface area contributed by atoms with Crippen LogP contribution in [-0.2, 0) is 18.0 Å². The fraction of sp³-hybridized carbons (Fsp3) is 0.600. The fourth-order valence-electron chi connectivity index (χ4n) is 5.05. The summed E-state index contributed by atoms with van der Waals surface area (Å²) >= 11 is 0. The molecule has 2 aliphatic rings. The molecule has 0 spiro atoms. The number of alkyl halides is 3. The number of likely N-dealkylation sites (tertiary alicyclic amines) is 1. The number of halogens is 3. The fourth-order valence-corrected chi connectivity index (χ4v) is 5.05. The molecule has 0 aromatic carbocycles. The van der Waals surface area contributed by atoms with Gasteiger partial charge in [-0.15, -0.1) is 0 Å². The molecule has 8 nitrogen and oxygen atoms in total. The number of methoxy groups -OCH3 is 1. The Bertz CT molecular complexity index is 994. The number of anilines is 1. The Balaban J connectivity index is 1.63. The maximum atomic E-state index is 13.5. The Labute approximate surface area is 177 Å². The first-order valence-electron chi connectivity index (χ1n) is 10.1. The highest BCUT2D eigenvalue weighted by molar-refractivity contribution is 5.91. The topological polar surface area (TPSA) is 85.2 Å². The summed E-state index contributed by atoms with van der Waals surface area (Å²) in [5, 5.41) is 6.65. The van der Waals surface area contributed by atoms with Gasteiger partial charge in [0.1, 0.15) is 12.1 Å². The van der Waals surface area contributed by atoms with E-state index in [1.807, 2.05) is 6.92 Å². The van der Waals surface area contributed by atoms with Crippen LogP contribution in [0.3, 0.4) is 0 Å². The quantitative estimate of drug-likeness (QED) is 0.787. The zero-order valence-electron chi connectivity index (χ0n) is 17.8. The van der Waals surface area contributed by atoms with E-state index in [2.05, 4.69) is 27.3 Å². The summed E-state index contributed by atoms with van der Waals surface area (Å²) in [6.45, 7) is 4.10. The second-order valence-electron chi connectivity index (χ2n) is 8.54. The van der Waals surface area contributed by atoms with Crippen molar-refractivity contribution >= 4 is 11.8 Å². The number of carbonyl (C=O) groups excluding carboxylic acids is 1. The Morgan fingerprint density at radius 2 is 2.10 bits per heavy atom. The van der Waals surface area contributed by atoms with Crippen molar-refractivity contribution in [1.29, 1.82) is 0 Å². The average molecular weight is 438 g/mol. The van der Waals surface area contributed by atoms with E-state index in [1.165, 1.54) is 17.1 Å². The lowest BCUT2D eigenvalue weighted by molar-refractivity contribution is -0.155. The standard InChI is InChI=1S/C20H25F3N6O2/c1-11-5-13-8-19(7-11,12(2)31-4)29(13)18(30)26-16-6-14(17-25-10-28(3)27-17)15(9-24-16)20(21,22)23/h6,9-13H,5,7-8H2,1-4H3,(H,24,26,30)/t11-,12?,13-,19+/m0/s1. The van der Waals surface area contributed by atoms with Crippen molar-refractivity contribution in [3.63, 3.8) is 0 Å². The van der Waals surface area contributed by atoms with Crippen LogP contribution in [0.1, 0.15) is 38.7 Å². The average Bonchev–Trinajstić information content (AvgIpc) is 3.11. The number of urea groups is 1. The summed E-state index contributed by atoms with van der Waals surface area (Å²) in [6.07, 6.45) is -0.230. The van der Waals surface area contributed by atoms with Crippen molar-refractivity contribution in [1.82, 2.24) is 24.6 Å². The molecule has 11 heteroatoms. The summed E-state index contributed by atoms with van der Waals surface area (Å²) < 4.78 is 47.3. The number of nitrogens with one attached hydrogen (secondary N) is 1. The van der Waals surface area contributed by atoms with Crippen LogP contribution in [0.2, 0.25) is 0 Å². The molecular weight excluding hydrogens is 413 g/mol. The van der Waals surface area contributed by atoms with Crippen LogP contribution in [-0.4, -0.2) is 55.5 Å². The van der Waals surface area contributed by atoms with Gasteiger partial charge in [-0.2, -0.15) is 18.3 Å². The van der Waals surface area contributed by atoms with Crippen LogP contribution in [0.5, 0.6) is 0 Å². The molecule has 3 heterocycles. The molecule has 1 saturated carbocycles. The minimum absolute atomic E-state index is 0.0127. The number of piperidine rings is 1. The Hall–Kier alpha value is -2.69. The molecule has 1 N–H and O–H groups in total. The lowest BCUT2D eigenvalue weighted by Crippen LogP contribution is -2.76. The third kappa shape index (κ3) is 3.64. The maximum absolute atomic E-state index is 13.5. The van der Waals surface area contributed by atoms with Crippen molar-refractivity contribution in [3.05, 3.63) is 24.2 Å². The molecule has 2 aromatic rings. The van der Waals surface area contributed by atoms with Crippen LogP contribution in [0, 0.1) is 5.92 Å². The van der Waals surface area contributed by atoms with Crippen molar-refractivity contribution in [3.8, 4) is 11.4 Å². The maximum Gasteiger partial charge on any atom is 0.418 e. The molecule has 1 unspecified atom stereocenters. The van der Waals surface area contributed by atoms with Gasteiger partial charge in [-0.05, 0) is 38.2 Å². The monoisotopic (exact) mass is 438 g/mol. The molecule has 1 saturated heterocycles. The van der Waals surface area contributed by atoms with Crippen LogP contribution >= 0.6 is 0 Å². The zero-order valence-corrected chi connectivity index (χ0v) is 17.8. The Kier molecular flexibility index (Phi) is 5.19. The normalized spacial score (nSPS) is 26.4. The molecule has 31 heavy (non-hydrogen) atoms. The summed E-state index contributed by atoms with van der Waals surface area (Å²) in [5.41, 5.74) is -1.62. The number of ether oxygens (including phenoxy) is 1. The summed E-state index contributed by atoms with van der Waals surface area (Å²) in [7, 11) is 3.18. The highest BCUT2D eigenvalue weighted by Gasteiger charge is 2.61. The first kappa shape index (κ1) is 21.5. The number of aryl methyl sites for hydroxylation is 1. The third-order valence-electron chi connectivity index (χ3n) is 6.42. The number of pyridine rings is 1. The number of rotatable bonds is 4. The van der Waals surface area contributed by atoms with Gasteiger partial charge in [0.05, 0.1) is 17.2 Å². The van der Waals surface area contributed by atoms with Crippen molar-refractivity contribution in [2.45, 2.75) is 57.0 Å². The van der Waals surface area contributed by atoms with Gasteiger partial charge < -0.3 is 9.64 Å². The van der Waals surface area contributed by atoms with Gasteiger partial charge >= 0.3 is 12.2 Å². The van der Waals surface area contributed by atoms with E-state index in [0.717, 1.165) is 19.3 Å². The first-order valence-corrected chi connectivity index (χ1v) is 10.1. The zero-order chi connectivity index (χ0) is 22.6. The summed E-state index contributed by atoms with van der Waals surface area (Å²) in [4.78, 5) is 22.7. The predicted molar refractivity (Wildman–Crippen MR) is 106 cm³/mol. The lowest BCUT2D eigenvalue weighted by atomic mass is 9.62. The van der Waals surface area contributed by atoms with E-state index in [-0.39, 0.29) is 35.4 Å². The Morgan fingerprint density at radius 3 is 2.71 bits per heavy atom. The molecular formula is C20H25F3N6O2. The number of nitrogens with zero attached hydrogens (tertiary/aromatic N) is 5. The van der Waals surface area contributed by atoms with E-state index in [9.17, 15) is 18.0 Å². The molecule has 168 valence electrons. The van der Waals surface area contributed by atoms with Gasteiger partial charge in [0.2, 0.25) is 0 Å². The van der Waals surface area contributed by atoms with Gasteiger partial charge in [0, 0.05) is 32.0 Å². The van der Waals surface area contributed by atoms with E-state index in [4.69, 9.17) is 4.74 Å². The van der Waals surface area contributed by atoms with Gasteiger partial charge in [0.15, 0.2) is 5.82 Å². The number of fused-ring (bicyclic) bond motifs is 2. The van der Waals surface area contributed by atoms with Crippen LogP contribution in [0.15, 0.2) is 18.6 Å². The first-order chi connectivity index (χ1) is 14.5. The molecule has 2 fully saturated rings. The predicted octanol–water partition coefficient (Wildman–Crippen LogP) is 3.71. The van der Waals surface area contributed by atoms with Crippen LogP contribution < -0.4 is 5.32 Å². The lowest BCUT2D eigenvalue weighted by Gasteiger charge is -2.65. The van der Waals surface area contributed by atoms with Gasteiger partial charge in [0.25, 0.3) is 0 Å². The van der Waals surface area contributed by atoms with E-state index in [1.54, 1.807) is 19.1 Å². The van der Waals surface area contributed by atoms with Crippen LogP contribution in [0.25, 0.3) is 11.4 Å². The SMILES string of the molecule is COC(C)[C@@]12C[C@@H](C)C[C@@H](C1)N2C(=O)Nc1cc(-c2ncn(C)n2)c(C(F)(F)F)cn1. The minimum Gasteiger partial charge on any atom is -0.379 e. The number of aromatic nitrogens is 4. The smallest absolute Gasteiger partial charge is 0.379 e. The highest BCUT2D eigenvalue weighted by Crippen LogP contribution is 2.52. The minimum atomic E-state index is -4.63. The molecule has 2 aromatic heterocycles. The molecule has 4 atom stereocenters. The number of carbonyl (C=O) groups is 1. The van der Waals surface area contributed by atoms with Gasteiger partial charge in [-0.25, -0.2) is 14.8 Å². The number of hydrogen-bond acceptors (Lipinski definition) is 5. The number of amides is 2. The molecule has 4 rings (SSSR count). The van der Waals surface area contributed by atoms with Crippen LogP contribution in [0.4, 0.5) is 23.8 Å². The molecule has 0 radical (unpaired) electrons. The van der Waals surface area contributed by atoms with E-state index < -0.39 is 17.3 Å². The third-order valence-corrected chi connectivity index (χ3v) is 6.42. The molecule has 2 amide bonds. The Morgan fingerprint density at radius 1 is 1.35 bits per heavy atom. The largest absolute Gasteiger partial charge is 0.418 e. The molecule has 2 bridgehead atoms. The summed E-state index contributed by atoms with van der Waals surface area (Å²) in [6, 6.07) is 0.854. The van der Waals surface area contributed by atoms with Crippen molar-refractivity contribution < 1.29 is 22.7 Å². The van der Waals surface area contributed by atoms with Crippen molar-refractivity contribution in [2.24, 2.45) is 13.0 Å². The van der Waals surface area contributed by atoms with E-state index in [0.29, 0.717) is 12.1 Å². The second kappa shape index (κ2) is 7.47. The van der Waals surface area contributed by atoms with Gasteiger partial charge in [-0.3, -0.25) is 10.00 Å². The number of hydrogen-bond donors (Lipinski definition) is 1. The summed E-state index contributed by atoms with van der Waals surface area (Å²) in [5.74, 6) is 0.386.